The third kappa shape index (κ3) is 5.50. The molecule has 6 nitrogen and oxygen atoms in total. The largest absolute Gasteiger partial charge is 0.375 e. The van der Waals surface area contributed by atoms with E-state index in [2.05, 4.69) is 44.4 Å². The molecule has 1 N–H and O–H groups in total. The van der Waals surface area contributed by atoms with Crippen molar-refractivity contribution in [1.29, 1.82) is 0 Å². The van der Waals surface area contributed by atoms with Gasteiger partial charge in [-0.05, 0) is 49.9 Å². The van der Waals surface area contributed by atoms with Crippen molar-refractivity contribution in [3.63, 3.8) is 0 Å². The number of benzene rings is 1. The third-order valence-electron chi connectivity index (χ3n) is 6.38. The van der Waals surface area contributed by atoms with Crippen LogP contribution in [0.1, 0.15) is 43.2 Å². The van der Waals surface area contributed by atoms with Crippen molar-refractivity contribution in [2.24, 2.45) is 4.99 Å². The van der Waals surface area contributed by atoms with Crippen LogP contribution in [-0.2, 0) is 22.6 Å². The van der Waals surface area contributed by atoms with Gasteiger partial charge in [0, 0.05) is 39.8 Å². The Labute approximate surface area is 175 Å². The Kier molecular flexibility index (Phi) is 7.41. The average molecular weight is 401 g/mol. The van der Waals surface area contributed by atoms with Gasteiger partial charge >= 0.3 is 0 Å². The van der Waals surface area contributed by atoms with Crippen molar-refractivity contribution in [3.8, 4) is 0 Å². The summed E-state index contributed by atoms with van der Waals surface area (Å²) in [6.45, 7) is 7.62. The summed E-state index contributed by atoms with van der Waals surface area (Å²) in [6.07, 6.45) is 6.67. The van der Waals surface area contributed by atoms with E-state index in [0.29, 0.717) is 0 Å². The molecule has 3 aliphatic heterocycles. The molecule has 6 heteroatoms. The van der Waals surface area contributed by atoms with Crippen LogP contribution >= 0.6 is 0 Å². The minimum absolute atomic E-state index is 0.149. The second-order valence-corrected chi connectivity index (χ2v) is 8.41. The zero-order chi connectivity index (χ0) is 19.9. The molecular weight excluding hydrogens is 364 g/mol. The Morgan fingerprint density at radius 3 is 2.55 bits per heavy atom. The zero-order valence-corrected chi connectivity index (χ0v) is 17.8. The second kappa shape index (κ2) is 10.4. The van der Waals surface area contributed by atoms with E-state index in [-0.39, 0.29) is 12.2 Å². The van der Waals surface area contributed by atoms with Crippen LogP contribution in [0.4, 0.5) is 0 Å². The summed E-state index contributed by atoms with van der Waals surface area (Å²) < 4.78 is 11.9. The van der Waals surface area contributed by atoms with Crippen LogP contribution in [0.15, 0.2) is 29.3 Å². The molecule has 3 saturated heterocycles. The summed E-state index contributed by atoms with van der Waals surface area (Å²) in [7, 11) is 1.87. The van der Waals surface area contributed by atoms with Gasteiger partial charge in [-0.25, -0.2) is 0 Å². The first-order valence-electron chi connectivity index (χ1n) is 11.3. The van der Waals surface area contributed by atoms with Gasteiger partial charge in [-0.2, -0.15) is 0 Å². The van der Waals surface area contributed by atoms with Gasteiger partial charge in [-0.3, -0.25) is 9.89 Å². The molecular formula is C23H36N4O2. The highest BCUT2D eigenvalue weighted by Crippen LogP contribution is 2.21. The Bertz CT molecular complexity index is 669. The van der Waals surface area contributed by atoms with Gasteiger partial charge in [-0.15, -0.1) is 0 Å². The van der Waals surface area contributed by atoms with Crippen LogP contribution in [0.3, 0.4) is 0 Å². The number of hydrogen-bond acceptors (Lipinski definition) is 4. The molecule has 4 rings (SSSR count). The number of ether oxygens (including phenoxy) is 2. The Morgan fingerprint density at radius 2 is 1.79 bits per heavy atom. The van der Waals surface area contributed by atoms with E-state index in [1.165, 1.54) is 43.5 Å². The molecule has 0 aromatic heterocycles. The molecule has 29 heavy (non-hydrogen) atoms. The minimum atomic E-state index is 0.149. The van der Waals surface area contributed by atoms with E-state index in [0.717, 1.165) is 58.2 Å². The van der Waals surface area contributed by atoms with Crippen molar-refractivity contribution < 1.29 is 9.47 Å². The molecule has 0 aliphatic carbocycles. The van der Waals surface area contributed by atoms with Crippen molar-refractivity contribution >= 4 is 5.96 Å². The van der Waals surface area contributed by atoms with Crippen LogP contribution in [-0.4, -0.2) is 74.4 Å². The highest BCUT2D eigenvalue weighted by molar-refractivity contribution is 5.80. The highest BCUT2D eigenvalue weighted by Gasteiger charge is 2.32. The van der Waals surface area contributed by atoms with Crippen LogP contribution in [0.2, 0.25) is 0 Å². The van der Waals surface area contributed by atoms with E-state index in [1.807, 2.05) is 7.05 Å². The van der Waals surface area contributed by atoms with Gasteiger partial charge in [0.05, 0.1) is 12.7 Å². The normalized spacial score (nSPS) is 26.7. The molecule has 1 aromatic carbocycles. The average Bonchev–Trinajstić information content (AvgIpc) is 3.31. The van der Waals surface area contributed by atoms with Crippen molar-refractivity contribution in [3.05, 3.63) is 35.4 Å². The predicted molar refractivity (Wildman–Crippen MR) is 116 cm³/mol. The van der Waals surface area contributed by atoms with Gasteiger partial charge in [0.1, 0.15) is 6.10 Å². The lowest BCUT2D eigenvalue weighted by Gasteiger charge is -2.37. The van der Waals surface area contributed by atoms with Crippen LogP contribution in [0, 0.1) is 0 Å². The third-order valence-corrected chi connectivity index (χ3v) is 6.38. The minimum Gasteiger partial charge on any atom is -0.375 e. The maximum absolute atomic E-state index is 6.00. The molecule has 1 aromatic rings. The number of hydrogen-bond donors (Lipinski definition) is 1. The summed E-state index contributed by atoms with van der Waals surface area (Å²) >= 11 is 0. The Balaban J connectivity index is 1.34. The van der Waals surface area contributed by atoms with E-state index < -0.39 is 0 Å². The van der Waals surface area contributed by atoms with E-state index >= 15 is 0 Å². The first-order chi connectivity index (χ1) is 14.3. The summed E-state index contributed by atoms with van der Waals surface area (Å²) in [5.74, 6) is 0.962. The number of guanidine groups is 1. The number of aliphatic imine (C=N–C) groups is 1. The summed E-state index contributed by atoms with van der Waals surface area (Å²) in [4.78, 5) is 9.47. The number of piperidine rings is 1. The molecule has 0 radical (unpaired) electrons. The molecule has 0 bridgehead atoms. The molecule has 3 heterocycles. The Hall–Kier alpha value is -1.63. The molecule has 0 saturated carbocycles. The zero-order valence-electron chi connectivity index (χ0n) is 17.8. The van der Waals surface area contributed by atoms with Gasteiger partial charge in [0.15, 0.2) is 5.96 Å². The maximum atomic E-state index is 6.00. The lowest BCUT2D eigenvalue weighted by molar-refractivity contribution is -0.0817. The fraction of sp³-hybridized carbons (Fsp3) is 0.696. The lowest BCUT2D eigenvalue weighted by Crippen LogP contribution is -2.53. The summed E-state index contributed by atoms with van der Waals surface area (Å²) in [5, 5.41) is 3.61. The first kappa shape index (κ1) is 20.6. The van der Waals surface area contributed by atoms with Gasteiger partial charge in [0.2, 0.25) is 0 Å². The number of morpholine rings is 1. The number of nitrogens with one attached hydrogen (secondary N) is 1. The van der Waals surface area contributed by atoms with Crippen molar-refractivity contribution in [2.75, 3.05) is 46.4 Å². The lowest BCUT2D eigenvalue weighted by atomic mass is 10.0. The number of nitrogens with zero attached hydrogens (tertiary/aromatic N) is 3. The number of rotatable bonds is 5. The molecule has 0 spiro atoms. The monoisotopic (exact) mass is 400 g/mol. The fourth-order valence-electron chi connectivity index (χ4n) is 4.74. The van der Waals surface area contributed by atoms with Crippen molar-refractivity contribution in [2.45, 2.75) is 57.4 Å². The summed E-state index contributed by atoms with van der Waals surface area (Å²) in [6, 6.07) is 8.82. The fourth-order valence-corrected chi connectivity index (χ4v) is 4.74. The van der Waals surface area contributed by atoms with Crippen molar-refractivity contribution in [1.82, 2.24) is 15.1 Å². The molecule has 0 amide bonds. The van der Waals surface area contributed by atoms with Crippen LogP contribution < -0.4 is 5.32 Å². The molecule has 160 valence electrons. The van der Waals surface area contributed by atoms with Gasteiger partial charge in [0.25, 0.3) is 0 Å². The van der Waals surface area contributed by atoms with Gasteiger partial charge in [-0.1, -0.05) is 30.7 Å². The predicted octanol–water partition coefficient (Wildman–Crippen LogP) is 2.63. The van der Waals surface area contributed by atoms with Gasteiger partial charge < -0.3 is 19.7 Å². The Morgan fingerprint density at radius 1 is 1.00 bits per heavy atom. The standard InChI is InChI=1S/C23H36N4O2/c1-24-23(27-13-15-29-22(18-27)21-10-7-14-28-21)25-16-19-8-3-4-9-20(19)17-26-11-5-2-6-12-26/h3-4,8-9,21-22H,2,5-7,10-18H2,1H3,(H,24,25). The smallest absolute Gasteiger partial charge is 0.194 e. The van der Waals surface area contributed by atoms with Crippen LogP contribution in [0.25, 0.3) is 0 Å². The highest BCUT2D eigenvalue weighted by atomic mass is 16.5. The van der Waals surface area contributed by atoms with E-state index in [4.69, 9.17) is 9.47 Å². The molecule has 2 atom stereocenters. The number of likely N-dealkylation sites (tertiary alicyclic amines) is 1. The topological polar surface area (TPSA) is 49.3 Å². The second-order valence-electron chi connectivity index (χ2n) is 8.41. The SMILES string of the molecule is CN=C(NCc1ccccc1CN1CCCCC1)N1CCOC(C2CCCO2)C1. The molecule has 3 aliphatic rings. The first-order valence-corrected chi connectivity index (χ1v) is 11.3. The van der Waals surface area contributed by atoms with E-state index in [1.54, 1.807) is 0 Å². The summed E-state index contributed by atoms with van der Waals surface area (Å²) in [5.41, 5.74) is 2.79. The molecule has 2 unspecified atom stereocenters. The maximum Gasteiger partial charge on any atom is 0.194 e. The quantitative estimate of drug-likeness (QED) is 0.608. The van der Waals surface area contributed by atoms with E-state index in [9.17, 15) is 0 Å². The molecule has 3 fully saturated rings. The van der Waals surface area contributed by atoms with Crippen LogP contribution in [0.5, 0.6) is 0 Å².